The Hall–Kier alpha value is -3.32. The van der Waals surface area contributed by atoms with Crippen molar-refractivity contribution in [1.82, 2.24) is 8.75 Å². The van der Waals surface area contributed by atoms with Gasteiger partial charge in [-0.05, 0) is 35.0 Å². The fraction of sp³-hybridized carbons (Fsp3) is 0.0526. The number of fused-ring (bicyclic) bond motifs is 2. The third-order valence-electron chi connectivity index (χ3n) is 3.88. The number of esters is 1. The number of benzene rings is 3. The van der Waals surface area contributed by atoms with E-state index in [0.29, 0.717) is 22.3 Å². The van der Waals surface area contributed by atoms with Crippen LogP contribution in [-0.2, 0) is 9.53 Å². The molecule has 4 aromatic rings. The number of hydrogen-bond donors (Lipinski definition) is 1. The van der Waals surface area contributed by atoms with E-state index in [1.807, 2.05) is 36.4 Å². The van der Waals surface area contributed by atoms with Gasteiger partial charge in [0.25, 0.3) is 5.91 Å². The zero-order valence-electron chi connectivity index (χ0n) is 13.5. The number of nitrogens with one attached hydrogen (secondary N) is 1. The summed E-state index contributed by atoms with van der Waals surface area (Å²) in [6, 6.07) is 18.3. The first-order chi connectivity index (χ1) is 12.7. The largest absolute Gasteiger partial charge is 0.452 e. The van der Waals surface area contributed by atoms with E-state index in [2.05, 4.69) is 14.1 Å². The minimum atomic E-state index is -0.542. The minimum absolute atomic E-state index is 0.375. The Morgan fingerprint density at radius 2 is 1.81 bits per heavy atom. The molecule has 0 aliphatic rings. The summed E-state index contributed by atoms with van der Waals surface area (Å²) in [5, 5.41) is 4.67. The van der Waals surface area contributed by atoms with Gasteiger partial charge in [-0.3, -0.25) is 4.79 Å². The molecule has 0 spiro atoms. The van der Waals surface area contributed by atoms with Gasteiger partial charge >= 0.3 is 5.97 Å². The highest BCUT2D eigenvalue weighted by atomic mass is 32.1. The molecule has 1 amide bonds. The number of anilines is 1. The van der Waals surface area contributed by atoms with Gasteiger partial charge < -0.3 is 10.1 Å². The van der Waals surface area contributed by atoms with E-state index in [4.69, 9.17) is 4.74 Å². The molecule has 0 unspecified atom stereocenters. The van der Waals surface area contributed by atoms with Gasteiger partial charge in [-0.15, -0.1) is 0 Å². The van der Waals surface area contributed by atoms with Crippen LogP contribution in [0.25, 0.3) is 21.8 Å². The van der Waals surface area contributed by atoms with Gasteiger partial charge in [-0.25, -0.2) is 4.79 Å². The van der Waals surface area contributed by atoms with Gasteiger partial charge in [-0.2, -0.15) is 8.75 Å². The summed E-state index contributed by atoms with van der Waals surface area (Å²) in [4.78, 5) is 24.3. The lowest BCUT2D eigenvalue weighted by Gasteiger charge is -2.07. The molecule has 6 nitrogen and oxygen atoms in total. The van der Waals surface area contributed by atoms with E-state index in [1.165, 1.54) is 0 Å². The predicted octanol–water partition coefficient (Wildman–Crippen LogP) is 3.64. The second-order valence-electron chi connectivity index (χ2n) is 5.62. The van der Waals surface area contributed by atoms with E-state index in [0.717, 1.165) is 22.5 Å². The number of ether oxygens (including phenoxy) is 1. The molecule has 7 heteroatoms. The number of nitrogens with zero attached hydrogens (tertiary/aromatic N) is 2. The molecule has 0 saturated carbocycles. The van der Waals surface area contributed by atoms with Crippen LogP contribution in [0.15, 0.2) is 60.7 Å². The second kappa shape index (κ2) is 6.89. The van der Waals surface area contributed by atoms with Gasteiger partial charge in [0, 0.05) is 0 Å². The average Bonchev–Trinajstić information content (AvgIpc) is 3.15. The maximum Gasteiger partial charge on any atom is 0.338 e. The lowest BCUT2D eigenvalue weighted by atomic mass is 10.1. The lowest BCUT2D eigenvalue weighted by Crippen LogP contribution is -2.21. The predicted molar refractivity (Wildman–Crippen MR) is 100 cm³/mol. The number of carbonyl (C=O) groups is 2. The van der Waals surface area contributed by atoms with Crippen molar-refractivity contribution in [2.24, 2.45) is 0 Å². The third-order valence-corrected chi connectivity index (χ3v) is 4.42. The maximum atomic E-state index is 12.2. The van der Waals surface area contributed by atoms with Crippen molar-refractivity contribution in [2.75, 3.05) is 11.9 Å². The first-order valence-electron chi connectivity index (χ1n) is 7.88. The smallest absolute Gasteiger partial charge is 0.338 e. The maximum absolute atomic E-state index is 12.2. The Bertz CT molecular complexity index is 1120. The summed E-state index contributed by atoms with van der Waals surface area (Å²) in [6.45, 7) is -0.375. The van der Waals surface area contributed by atoms with Crippen molar-refractivity contribution in [3.8, 4) is 0 Å². The molecular formula is C19H13N3O3S. The van der Waals surface area contributed by atoms with Gasteiger partial charge in [0.2, 0.25) is 0 Å². The zero-order chi connectivity index (χ0) is 17.9. The molecule has 0 saturated heterocycles. The summed E-state index contributed by atoms with van der Waals surface area (Å²) in [6.07, 6.45) is 0. The molecule has 0 bridgehead atoms. The van der Waals surface area contributed by atoms with Crippen molar-refractivity contribution in [3.05, 3.63) is 66.2 Å². The van der Waals surface area contributed by atoms with Gasteiger partial charge in [-0.1, -0.05) is 36.4 Å². The molecular weight excluding hydrogens is 350 g/mol. The normalized spacial score (nSPS) is 10.8. The summed E-state index contributed by atoms with van der Waals surface area (Å²) in [5.41, 5.74) is 2.28. The van der Waals surface area contributed by atoms with Crippen LogP contribution in [0.1, 0.15) is 10.4 Å². The summed E-state index contributed by atoms with van der Waals surface area (Å²) in [5.74, 6) is -0.973. The topological polar surface area (TPSA) is 81.2 Å². The number of amides is 1. The van der Waals surface area contributed by atoms with Crippen LogP contribution in [0.3, 0.4) is 0 Å². The van der Waals surface area contributed by atoms with Crippen LogP contribution >= 0.6 is 11.7 Å². The molecule has 4 rings (SSSR count). The number of carbonyl (C=O) groups excluding carboxylic acids is 2. The van der Waals surface area contributed by atoms with E-state index < -0.39 is 11.9 Å². The first kappa shape index (κ1) is 16.2. The van der Waals surface area contributed by atoms with Crippen molar-refractivity contribution in [1.29, 1.82) is 0 Å². The number of rotatable bonds is 4. The average molecular weight is 363 g/mol. The second-order valence-corrected chi connectivity index (χ2v) is 6.15. The van der Waals surface area contributed by atoms with Crippen molar-refractivity contribution < 1.29 is 14.3 Å². The fourth-order valence-electron chi connectivity index (χ4n) is 2.62. The van der Waals surface area contributed by atoms with Gasteiger partial charge in [0.15, 0.2) is 6.61 Å². The number of aromatic nitrogens is 2. The quantitative estimate of drug-likeness (QED) is 0.560. The Kier molecular flexibility index (Phi) is 4.28. The van der Waals surface area contributed by atoms with Crippen molar-refractivity contribution in [2.45, 2.75) is 0 Å². The Balaban J connectivity index is 1.42. The molecule has 0 aliphatic carbocycles. The van der Waals surface area contributed by atoms with E-state index in [9.17, 15) is 9.59 Å². The Morgan fingerprint density at radius 3 is 2.69 bits per heavy atom. The number of hydrogen-bond acceptors (Lipinski definition) is 6. The molecule has 0 aliphatic heterocycles. The molecule has 1 N–H and O–H groups in total. The van der Waals surface area contributed by atoms with Crippen LogP contribution < -0.4 is 5.32 Å². The Morgan fingerprint density at radius 1 is 0.962 bits per heavy atom. The lowest BCUT2D eigenvalue weighted by molar-refractivity contribution is -0.119. The van der Waals surface area contributed by atoms with Crippen LogP contribution in [0, 0.1) is 0 Å². The van der Waals surface area contributed by atoms with Crippen molar-refractivity contribution >= 4 is 51.1 Å². The molecule has 128 valence electrons. The molecule has 1 heterocycles. The molecule has 26 heavy (non-hydrogen) atoms. The standard InChI is InChI=1S/C19H13N3O3S/c23-17(20-15-6-3-7-16-18(15)22-26-21-16)11-25-19(24)14-9-8-12-4-1-2-5-13(12)10-14/h1-10H,11H2,(H,20,23). The van der Waals surface area contributed by atoms with Crippen LogP contribution in [-0.4, -0.2) is 27.2 Å². The van der Waals surface area contributed by atoms with Crippen molar-refractivity contribution in [3.63, 3.8) is 0 Å². The molecule has 0 fully saturated rings. The molecule has 0 atom stereocenters. The minimum Gasteiger partial charge on any atom is -0.452 e. The molecule has 1 aromatic heterocycles. The zero-order valence-corrected chi connectivity index (χ0v) is 14.3. The summed E-state index contributed by atoms with van der Waals surface area (Å²) >= 11 is 1.07. The van der Waals surface area contributed by atoms with Crippen LogP contribution in [0.5, 0.6) is 0 Å². The SMILES string of the molecule is O=C(COC(=O)c1ccc2ccccc2c1)Nc1cccc2nsnc12. The van der Waals surface area contributed by atoms with E-state index >= 15 is 0 Å². The van der Waals surface area contributed by atoms with Crippen LogP contribution in [0.4, 0.5) is 5.69 Å². The Labute approximate surface area is 152 Å². The highest BCUT2D eigenvalue weighted by molar-refractivity contribution is 7.00. The summed E-state index contributed by atoms with van der Waals surface area (Å²) < 4.78 is 13.4. The van der Waals surface area contributed by atoms with E-state index in [-0.39, 0.29) is 6.61 Å². The highest BCUT2D eigenvalue weighted by Crippen LogP contribution is 2.21. The fourth-order valence-corrected chi connectivity index (χ4v) is 3.17. The summed E-state index contributed by atoms with van der Waals surface area (Å²) in [7, 11) is 0. The van der Waals surface area contributed by atoms with Crippen LogP contribution in [0.2, 0.25) is 0 Å². The first-order valence-corrected chi connectivity index (χ1v) is 8.61. The highest BCUT2D eigenvalue weighted by Gasteiger charge is 2.13. The molecule has 3 aromatic carbocycles. The third kappa shape index (κ3) is 3.25. The van der Waals surface area contributed by atoms with E-state index in [1.54, 1.807) is 24.3 Å². The monoisotopic (exact) mass is 363 g/mol. The van der Waals surface area contributed by atoms with Gasteiger partial charge in [0.05, 0.1) is 23.0 Å². The molecule has 0 radical (unpaired) electrons. The van der Waals surface area contributed by atoms with Gasteiger partial charge in [0.1, 0.15) is 11.0 Å².